The smallest absolute Gasteiger partial charge is 0.226 e. The number of amides is 1. The van der Waals surface area contributed by atoms with Gasteiger partial charge in [0, 0.05) is 24.9 Å². The SMILES string of the molecule is Cc1ccc(Cn2ccc(NC(=O)C[C@@H](c3ccc(S(C)(=O)=O)c(Cl)c3)C3CCCC3)n2)cc1. The molecular weight excluding hydrogens is 470 g/mol. The molecule has 2 aromatic carbocycles. The molecule has 1 N–H and O–H groups in total. The summed E-state index contributed by atoms with van der Waals surface area (Å²) in [6.45, 7) is 2.68. The molecule has 0 bridgehead atoms. The minimum atomic E-state index is -3.40. The highest BCUT2D eigenvalue weighted by atomic mass is 35.5. The number of aromatic nitrogens is 2. The van der Waals surface area contributed by atoms with Gasteiger partial charge in [-0.15, -0.1) is 0 Å². The minimum Gasteiger partial charge on any atom is -0.309 e. The Bertz CT molecular complexity index is 1260. The van der Waals surface area contributed by atoms with Crippen LogP contribution in [0.5, 0.6) is 0 Å². The van der Waals surface area contributed by atoms with Crippen molar-refractivity contribution < 1.29 is 13.2 Å². The Morgan fingerprint density at radius 1 is 1.15 bits per heavy atom. The van der Waals surface area contributed by atoms with E-state index in [4.69, 9.17) is 11.6 Å². The molecule has 1 fully saturated rings. The number of hydrogen-bond acceptors (Lipinski definition) is 4. The number of nitrogens with one attached hydrogen (secondary N) is 1. The van der Waals surface area contributed by atoms with Gasteiger partial charge in [-0.2, -0.15) is 5.10 Å². The van der Waals surface area contributed by atoms with Crippen molar-refractivity contribution in [1.29, 1.82) is 0 Å². The lowest BCUT2D eigenvalue weighted by Gasteiger charge is -2.24. The van der Waals surface area contributed by atoms with Crippen LogP contribution in [-0.4, -0.2) is 30.4 Å². The standard InChI is InChI=1S/C26H30ClN3O3S/c1-18-7-9-19(10-8-18)17-30-14-13-25(29-30)28-26(31)16-22(20-5-3-4-6-20)21-11-12-24(23(27)15-21)34(2,32)33/h7-15,20,22H,3-6,16-17H2,1-2H3,(H,28,29,31)/t22-/m1/s1. The van der Waals surface area contributed by atoms with Crippen LogP contribution in [0, 0.1) is 12.8 Å². The Morgan fingerprint density at radius 3 is 2.50 bits per heavy atom. The van der Waals surface area contributed by atoms with E-state index in [1.165, 1.54) is 5.56 Å². The second-order valence-electron chi connectivity index (χ2n) is 9.25. The van der Waals surface area contributed by atoms with Crippen LogP contribution in [0.4, 0.5) is 5.82 Å². The topological polar surface area (TPSA) is 81.1 Å². The molecule has 3 aromatic rings. The molecule has 0 saturated heterocycles. The van der Waals surface area contributed by atoms with E-state index in [0.717, 1.165) is 43.1 Å². The quantitative estimate of drug-likeness (QED) is 0.437. The number of hydrogen-bond donors (Lipinski definition) is 1. The molecule has 180 valence electrons. The second-order valence-corrected chi connectivity index (χ2v) is 11.6. The zero-order chi connectivity index (χ0) is 24.3. The van der Waals surface area contributed by atoms with Gasteiger partial charge in [0.25, 0.3) is 0 Å². The average Bonchev–Trinajstić information content (AvgIpc) is 3.45. The van der Waals surface area contributed by atoms with Crippen molar-refractivity contribution in [3.05, 3.63) is 76.4 Å². The maximum Gasteiger partial charge on any atom is 0.226 e. The molecule has 1 aliphatic carbocycles. The number of halogens is 1. The average molecular weight is 500 g/mol. The minimum absolute atomic E-state index is 0.0248. The molecule has 34 heavy (non-hydrogen) atoms. The van der Waals surface area contributed by atoms with Gasteiger partial charge >= 0.3 is 0 Å². The van der Waals surface area contributed by atoms with Crippen molar-refractivity contribution in [2.75, 3.05) is 11.6 Å². The van der Waals surface area contributed by atoms with Crippen molar-refractivity contribution in [2.24, 2.45) is 5.92 Å². The van der Waals surface area contributed by atoms with Crippen molar-refractivity contribution in [3.63, 3.8) is 0 Å². The maximum absolute atomic E-state index is 13.0. The van der Waals surface area contributed by atoms with Crippen molar-refractivity contribution >= 4 is 33.2 Å². The van der Waals surface area contributed by atoms with Crippen LogP contribution >= 0.6 is 11.6 Å². The Morgan fingerprint density at radius 2 is 1.85 bits per heavy atom. The van der Waals surface area contributed by atoms with E-state index < -0.39 is 9.84 Å². The van der Waals surface area contributed by atoms with Gasteiger partial charge in [-0.05, 0) is 54.9 Å². The number of sulfone groups is 1. The molecule has 4 rings (SSSR count). The summed E-state index contributed by atoms with van der Waals surface area (Å²) >= 11 is 6.32. The van der Waals surface area contributed by atoms with E-state index in [1.54, 1.807) is 28.9 Å². The first-order valence-electron chi connectivity index (χ1n) is 11.6. The molecule has 1 saturated carbocycles. The summed E-state index contributed by atoms with van der Waals surface area (Å²) in [5.41, 5.74) is 3.26. The number of rotatable bonds is 8. The van der Waals surface area contributed by atoms with E-state index in [1.807, 2.05) is 6.20 Å². The van der Waals surface area contributed by atoms with Crippen LogP contribution in [0.1, 0.15) is 54.7 Å². The van der Waals surface area contributed by atoms with Gasteiger partial charge in [-0.25, -0.2) is 8.42 Å². The largest absolute Gasteiger partial charge is 0.309 e. The third kappa shape index (κ3) is 6.07. The fourth-order valence-corrected chi connectivity index (χ4v) is 6.09. The molecule has 1 aliphatic rings. The Kier molecular flexibility index (Phi) is 7.43. The molecule has 1 heterocycles. The molecule has 0 radical (unpaired) electrons. The maximum atomic E-state index is 13.0. The van der Waals surface area contributed by atoms with Crippen LogP contribution in [0.2, 0.25) is 5.02 Å². The number of carbonyl (C=O) groups excluding carboxylic acids is 1. The molecule has 0 unspecified atom stereocenters. The van der Waals surface area contributed by atoms with Crippen LogP contribution in [0.25, 0.3) is 0 Å². The van der Waals surface area contributed by atoms with Crippen LogP contribution < -0.4 is 5.32 Å². The van der Waals surface area contributed by atoms with Gasteiger partial charge in [-0.1, -0.05) is 60.3 Å². The summed E-state index contributed by atoms with van der Waals surface area (Å²) in [6.07, 6.45) is 7.68. The lowest BCUT2D eigenvalue weighted by atomic mass is 9.82. The number of nitrogens with zero attached hydrogens (tertiary/aromatic N) is 2. The van der Waals surface area contributed by atoms with Crippen LogP contribution in [-0.2, 0) is 21.2 Å². The highest BCUT2D eigenvalue weighted by molar-refractivity contribution is 7.90. The van der Waals surface area contributed by atoms with Gasteiger partial charge in [0.15, 0.2) is 15.7 Å². The molecular formula is C26H30ClN3O3S. The van der Waals surface area contributed by atoms with Gasteiger partial charge in [0.1, 0.15) is 0 Å². The summed E-state index contributed by atoms with van der Waals surface area (Å²) in [6, 6.07) is 15.1. The van der Waals surface area contributed by atoms with Gasteiger partial charge in [0.05, 0.1) is 16.5 Å². The highest BCUT2D eigenvalue weighted by Gasteiger charge is 2.29. The van der Waals surface area contributed by atoms with E-state index in [0.29, 0.717) is 24.7 Å². The highest BCUT2D eigenvalue weighted by Crippen LogP contribution is 2.41. The summed E-state index contributed by atoms with van der Waals surface area (Å²) in [4.78, 5) is 13.1. The first kappa shape index (κ1) is 24.5. The normalized spacial score (nSPS) is 15.4. The Balaban J connectivity index is 1.46. The van der Waals surface area contributed by atoms with E-state index in [-0.39, 0.29) is 21.7 Å². The molecule has 6 nitrogen and oxygen atoms in total. The first-order valence-corrected chi connectivity index (χ1v) is 13.8. The third-order valence-electron chi connectivity index (χ3n) is 6.53. The number of benzene rings is 2. The summed E-state index contributed by atoms with van der Waals surface area (Å²) in [5, 5.41) is 7.63. The molecule has 1 amide bonds. The third-order valence-corrected chi connectivity index (χ3v) is 8.11. The summed E-state index contributed by atoms with van der Waals surface area (Å²) in [7, 11) is -3.40. The molecule has 0 spiro atoms. The molecule has 0 aliphatic heterocycles. The lowest BCUT2D eigenvalue weighted by molar-refractivity contribution is -0.116. The number of anilines is 1. The van der Waals surface area contributed by atoms with Crippen LogP contribution in [0.3, 0.4) is 0 Å². The lowest BCUT2D eigenvalue weighted by Crippen LogP contribution is -2.20. The Labute approximate surface area is 206 Å². The van der Waals surface area contributed by atoms with E-state index in [9.17, 15) is 13.2 Å². The predicted octanol–water partition coefficient (Wildman–Crippen LogP) is 5.60. The van der Waals surface area contributed by atoms with Crippen molar-refractivity contribution in [3.8, 4) is 0 Å². The fourth-order valence-electron chi connectivity index (χ4n) is 4.76. The Hall–Kier alpha value is -2.64. The predicted molar refractivity (Wildman–Crippen MR) is 135 cm³/mol. The zero-order valence-corrected chi connectivity index (χ0v) is 21.1. The molecule has 1 atom stereocenters. The second kappa shape index (κ2) is 10.3. The first-order chi connectivity index (χ1) is 16.2. The monoisotopic (exact) mass is 499 g/mol. The molecule has 1 aromatic heterocycles. The van der Waals surface area contributed by atoms with Gasteiger partial charge in [0.2, 0.25) is 5.91 Å². The summed E-state index contributed by atoms with van der Waals surface area (Å²) in [5.74, 6) is 0.752. The van der Waals surface area contributed by atoms with Crippen molar-refractivity contribution in [2.45, 2.75) is 56.4 Å². The van der Waals surface area contributed by atoms with E-state index >= 15 is 0 Å². The zero-order valence-electron chi connectivity index (χ0n) is 19.5. The van der Waals surface area contributed by atoms with Crippen molar-refractivity contribution in [1.82, 2.24) is 9.78 Å². The van der Waals surface area contributed by atoms with Gasteiger partial charge < -0.3 is 5.32 Å². The van der Waals surface area contributed by atoms with Gasteiger partial charge in [-0.3, -0.25) is 9.48 Å². The fraction of sp³-hybridized carbons (Fsp3) is 0.385. The number of aryl methyl sites for hydroxylation is 1. The molecule has 8 heteroatoms. The number of carbonyl (C=O) groups is 1. The summed E-state index contributed by atoms with van der Waals surface area (Å²) < 4.78 is 25.7. The van der Waals surface area contributed by atoms with Crippen LogP contribution in [0.15, 0.2) is 59.6 Å². The van der Waals surface area contributed by atoms with E-state index in [2.05, 4.69) is 41.6 Å².